The number of thiazole rings is 1. The summed E-state index contributed by atoms with van der Waals surface area (Å²) in [7, 11) is 0. The van der Waals surface area contributed by atoms with Crippen molar-refractivity contribution < 1.29 is 5.11 Å². The molecule has 0 aromatic carbocycles. The number of aliphatic hydroxyl groups is 1. The molecule has 4 heteroatoms. The Morgan fingerprint density at radius 2 is 2.50 bits per heavy atom. The lowest BCUT2D eigenvalue weighted by molar-refractivity contribution is 0.191. The van der Waals surface area contributed by atoms with Gasteiger partial charge in [-0.3, -0.25) is 0 Å². The second-order valence-electron chi connectivity index (χ2n) is 2.86. The van der Waals surface area contributed by atoms with Gasteiger partial charge in [-0.15, -0.1) is 11.3 Å². The largest absolute Gasteiger partial charge is 0.392 e. The molecule has 0 aliphatic carbocycles. The fourth-order valence-electron chi connectivity index (χ4n) is 0.872. The monoisotopic (exact) mass is 186 g/mol. The van der Waals surface area contributed by atoms with Crippen molar-refractivity contribution in [2.45, 2.75) is 26.5 Å². The van der Waals surface area contributed by atoms with Crippen molar-refractivity contribution in [3.8, 4) is 0 Å². The van der Waals surface area contributed by atoms with E-state index in [0.717, 1.165) is 17.2 Å². The van der Waals surface area contributed by atoms with Gasteiger partial charge in [-0.1, -0.05) is 0 Å². The third-order valence-corrected chi connectivity index (χ3v) is 2.35. The summed E-state index contributed by atoms with van der Waals surface area (Å²) < 4.78 is 0. The number of aliphatic hydroxyl groups excluding tert-OH is 1. The molecule has 0 aliphatic heterocycles. The molecule has 2 N–H and O–H groups in total. The van der Waals surface area contributed by atoms with Gasteiger partial charge in [-0.05, 0) is 13.8 Å². The average molecular weight is 186 g/mol. The second kappa shape index (κ2) is 4.54. The van der Waals surface area contributed by atoms with Gasteiger partial charge in [-0.2, -0.15) is 0 Å². The Balaban J connectivity index is 2.24. The molecule has 0 amide bonds. The van der Waals surface area contributed by atoms with Crippen molar-refractivity contribution in [3.63, 3.8) is 0 Å². The zero-order chi connectivity index (χ0) is 8.97. The van der Waals surface area contributed by atoms with Gasteiger partial charge in [0.05, 0.1) is 6.10 Å². The van der Waals surface area contributed by atoms with Crippen LogP contribution in [-0.2, 0) is 6.54 Å². The van der Waals surface area contributed by atoms with Gasteiger partial charge in [0.1, 0.15) is 5.01 Å². The van der Waals surface area contributed by atoms with E-state index < -0.39 is 0 Å². The van der Waals surface area contributed by atoms with Crippen LogP contribution in [0.5, 0.6) is 0 Å². The average Bonchev–Trinajstić information content (AvgIpc) is 2.35. The first-order valence-corrected chi connectivity index (χ1v) is 4.86. The maximum Gasteiger partial charge on any atom is 0.107 e. The normalized spacial score (nSPS) is 13.2. The molecule has 1 aromatic heterocycles. The number of hydrogen-bond acceptors (Lipinski definition) is 4. The van der Waals surface area contributed by atoms with E-state index in [1.165, 1.54) is 0 Å². The second-order valence-corrected chi connectivity index (χ2v) is 3.81. The van der Waals surface area contributed by atoms with Crippen LogP contribution in [0.4, 0.5) is 0 Å². The van der Waals surface area contributed by atoms with Crippen LogP contribution in [0.2, 0.25) is 0 Å². The number of nitrogens with zero attached hydrogens (tertiary/aromatic N) is 1. The van der Waals surface area contributed by atoms with Crippen LogP contribution in [0.3, 0.4) is 0 Å². The predicted molar refractivity (Wildman–Crippen MR) is 50.2 cm³/mol. The van der Waals surface area contributed by atoms with Gasteiger partial charge in [0, 0.05) is 24.2 Å². The molecule has 0 unspecified atom stereocenters. The third-order valence-electron chi connectivity index (χ3n) is 1.38. The minimum atomic E-state index is -0.286. The quantitative estimate of drug-likeness (QED) is 0.735. The molecule has 1 rings (SSSR count). The predicted octanol–water partition coefficient (Wildman–Crippen LogP) is 0.922. The summed E-state index contributed by atoms with van der Waals surface area (Å²) in [6.07, 6.45) is -0.286. The SMILES string of the molecule is Cc1csc(CNC[C@@H](C)O)n1. The first-order valence-electron chi connectivity index (χ1n) is 3.98. The first kappa shape index (κ1) is 9.64. The molecule has 0 saturated carbocycles. The number of aryl methyl sites for hydroxylation is 1. The third kappa shape index (κ3) is 3.30. The zero-order valence-electron chi connectivity index (χ0n) is 7.37. The molecular weight excluding hydrogens is 172 g/mol. The first-order chi connectivity index (χ1) is 5.68. The number of aromatic nitrogens is 1. The van der Waals surface area contributed by atoms with Crippen LogP contribution in [0.15, 0.2) is 5.38 Å². The van der Waals surface area contributed by atoms with Gasteiger partial charge in [0.2, 0.25) is 0 Å². The van der Waals surface area contributed by atoms with E-state index >= 15 is 0 Å². The van der Waals surface area contributed by atoms with Gasteiger partial charge >= 0.3 is 0 Å². The highest BCUT2D eigenvalue weighted by Gasteiger charge is 1.98. The number of hydrogen-bond donors (Lipinski definition) is 2. The summed E-state index contributed by atoms with van der Waals surface area (Å²) >= 11 is 1.65. The Labute approximate surface area is 76.5 Å². The van der Waals surface area contributed by atoms with Gasteiger partial charge < -0.3 is 10.4 Å². The fourth-order valence-corrected chi connectivity index (χ4v) is 1.61. The Kier molecular flexibility index (Phi) is 3.65. The lowest BCUT2D eigenvalue weighted by atomic mass is 10.4. The van der Waals surface area contributed by atoms with Gasteiger partial charge in [0.15, 0.2) is 0 Å². The molecule has 0 fully saturated rings. The highest BCUT2D eigenvalue weighted by Crippen LogP contribution is 2.07. The van der Waals surface area contributed by atoms with Crippen LogP contribution in [0.25, 0.3) is 0 Å². The molecule has 3 nitrogen and oxygen atoms in total. The molecular formula is C8H14N2OS. The fraction of sp³-hybridized carbons (Fsp3) is 0.625. The molecule has 0 saturated heterocycles. The maximum atomic E-state index is 8.96. The van der Waals surface area contributed by atoms with Crippen molar-refractivity contribution in [1.82, 2.24) is 10.3 Å². The Hall–Kier alpha value is -0.450. The van der Waals surface area contributed by atoms with Gasteiger partial charge in [-0.25, -0.2) is 4.98 Å². The standard InChI is InChI=1S/C8H14N2OS/c1-6-5-12-8(10-6)4-9-3-7(2)11/h5,7,9,11H,3-4H2,1-2H3/t7-/m1/s1. The molecule has 0 spiro atoms. The smallest absolute Gasteiger partial charge is 0.107 e. The van der Waals surface area contributed by atoms with Crippen LogP contribution in [-0.4, -0.2) is 22.7 Å². The Morgan fingerprint density at radius 3 is 3.00 bits per heavy atom. The van der Waals surface area contributed by atoms with E-state index in [1.54, 1.807) is 18.3 Å². The van der Waals surface area contributed by atoms with E-state index in [4.69, 9.17) is 5.11 Å². The molecule has 1 aromatic rings. The summed E-state index contributed by atoms with van der Waals surface area (Å²) in [5.41, 5.74) is 1.06. The Morgan fingerprint density at radius 1 is 1.75 bits per heavy atom. The van der Waals surface area contributed by atoms with Crippen molar-refractivity contribution in [2.24, 2.45) is 0 Å². The summed E-state index contributed by atoms with van der Waals surface area (Å²) in [5, 5.41) is 15.2. The number of nitrogens with one attached hydrogen (secondary N) is 1. The minimum Gasteiger partial charge on any atom is -0.392 e. The maximum absolute atomic E-state index is 8.96. The lowest BCUT2D eigenvalue weighted by Crippen LogP contribution is -2.23. The van der Waals surface area contributed by atoms with Crippen LogP contribution in [0.1, 0.15) is 17.6 Å². The summed E-state index contributed by atoms with van der Waals surface area (Å²) in [5.74, 6) is 0. The lowest BCUT2D eigenvalue weighted by Gasteiger charge is -2.03. The highest BCUT2D eigenvalue weighted by atomic mass is 32.1. The molecule has 0 radical (unpaired) electrons. The number of rotatable bonds is 4. The molecule has 0 bridgehead atoms. The summed E-state index contributed by atoms with van der Waals surface area (Å²) in [6, 6.07) is 0. The van der Waals surface area contributed by atoms with Crippen molar-refractivity contribution in [1.29, 1.82) is 0 Å². The molecule has 1 atom stereocenters. The van der Waals surface area contributed by atoms with E-state index in [-0.39, 0.29) is 6.10 Å². The highest BCUT2D eigenvalue weighted by molar-refractivity contribution is 7.09. The zero-order valence-corrected chi connectivity index (χ0v) is 8.19. The van der Waals surface area contributed by atoms with E-state index in [9.17, 15) is 0 Å². The molecule has 12 heavy (non-hydrogen) atoms. The molecule has 1 heterocycles. The summed E-state index contributed by atoms with van der Waals surface area (Å²) in [4.78, 5) is 4.28. The minimum absolute atomic E-state index is 0.286. The topological polar surface area (TPSA) is 45.1 Å². The van der Waals surface area contributed by atoms with Crippen LogP contribution >= 0.6 is 11.3 Å². The Bertz CT molecular complexity index is 235. The van der Waals surface area contributed by atoms with Gasteiger partial charge in [0.25, 0.3) is 0 Å². The van der Waals surface area contributed by atoms with Crippen LogP contribution in [0, 0.1) is 6.92 Å². The van der Waals surface area contributed by atoms with E-state index in [2.05, 4.69) is 10.3 Å². The van der Waals surface area contributed by atoms with Crippen LogP contribution < -0.4 is 5.32 Å². The van der Waals surface area contributed by atoms with Crippen molar-refractivity contribution >= 4 is 11.3 Å². The van der Waals surface area contributed by atoms with E-state index in [1.807, 2.05) is 12.3 Å². The van der Waals surface area contributed by atoms with E-state index in [0.29, 0.717) is 6.54 Å². The van der Waals surface area contributed by atoms with Crippen molar-refractivity contribution in [3.05, 3.63) is 16.1 Å². The summed E-state index contributed by atoms with van der Waals surface area (Å²) in [6.45, 7) is 5.12. The van der Waals surface area contributed by atoms with Crippen molar-refractivity contribution in [2.75, 3.05) is 6.54 Å². The molecule has 68 valence electrons. The molecule has 0 aliphatic rings.